The van der Waals surface area contributed by atoms with Crippen LogP contribution in [0.15, 0.2) is 12.1 Å². The van der Waals surface area contributed by atoms with Crippen molar-refractivity contribution in [2.24, 2.45) is 13.0 Å². The third-order valence-corrected chi connectivity index (χ3v) is 3.44. The van der Waals surface area contributed by atoms with Crippen LogP contribution in [-0.4, -0.2) is 32.1 Å². The van der Waals surface area contributed by atoms with Crippen molar-refractivity contribution in [2.45, 2.75) is 34.2 Å². The zero-order valence-corrected chi connectivity index (χ0v) is 13.8. The molecule has 2 aromatic heterocycles. The first-order valence-electron chi connectivity index (χ1n) is 7.41. The van der Waals surface area contributed by atoms with Gasteiger partial charge >= 0.3 is 6.03 Å². The SMILES string of the molecule is Cc1cc(NC(=O)NCC(C)Cn2nc(C)cc2C)n(C)n1. The first-order chi connectivity index (χ1) is 10.3. The van der Waals surface area contributed by atoms with Crippen LogP contribution in [0.5, 0.6) is 0 Å². The van der Waals surface area contributed by atoms with Crippen LogP contribution in [0.25, 0.3) is 0 Å². The second kappa shape index (κ2) is 6.64. The highest BCUT2D eigenvalue weighted by Gasteiger charge is 2.10. The predicted octanol–water partition coefficient (Wildman–Crippen LogP) is 2.00. The van der Waals surface area contributed by atoms with Crippen molar-refractivity contribution < 1.29 is 4.79 Å². The van der Waals surface area contributed by atoms with Crippen LogP contribution in [0, 0.1) is 26.7 Å². The van der Waals surface area contributed by atoms with Gasteiger partial charge in [0.05, 0.1) is 11.4 Å². The number of amides is 2. The van der Waals surface area contributed by atoms with Crippen molar-refractivity contribution in [2.75, 3.05) is 11.9 Å². The first kappa shape index (κ1) is 16.1. The number of rotatable bonds is 5. The molecule has 0 saturated heterocycles. The summed E-state index contributed by atoms with van der Waals surface area (Å²) in [5.41, 5.74) is 3.02. The molecule has 0 bridgehead atoms. The Kier molecular flexibility index (Phi) is 4.85. The monoisotopic (exact) mass is 304 g/mol. The van der Waals surface area contributed by atoms with E-state index in [1.54, 1.807) is 11.7 Å². The average molecular weight is 304 g/mol. The molecular formula is C15H24N6O. The van der Waals surface area contributed by atoms with Gasteiger partial charge in [0, 0.05) is 31.9 Å². The standard InChI is InChI=1S/C15H24N6O/c1-10(9-21-13(4)6-11(2)19-21)8-16-15(22)17-14-7-12(3)18-20(14)5/h6-7,10H,8-9H2,1-5H3,(H2,16,17,22). The third kappa shape index (κ3) is 4.09. The summed E-state index contributed by atoms with van der Waals surface area (Å²) in [6.07, 6.45) is 0. The largest absolute Gasteiger partial charge is 0.337 e. The van der Waals surface area contributed by atoms with Crippen LogP contribution in [0.3, 0.4) is 0 Å². The summed E-state index contributed by atoms with van der Waals surface area (Å²) < 4.78 is 3.62. The molecule has 2 aromatic rings. The Bertz CT molecular complexity index is 657. The molecule has 2 heterocycles. The summed E-state index contributed by atoms with van der Waals surface area (Å²) >= 11 is 0. The lowest BCUT2D eigenvalue weighted by atomic mass is 10.2. The second-order valence-corrected chi connectivity index (χ2v) is 5.84. The van der Waals surface area contributed by atoms with E-state index in [-0.39, 0.29) is 11.9 Å². The summed E-state index contributed by atoms with van der Waals surface area (Å²) in [7, 11) is 1.80. The predicted molar refractivity (Wildman–Crippen MR) is 85.8 cm³/mol. The minimum absolute atomic E-state index is 0.219. The van der Waals surface area contributed by atoms with Crippen molar-refractivity contribution in [3.63, 3.8) is 0 Å². The fourth-order valence-electron chi connectivity index (χ4n) is 2.37. The van der Waals surface area contributed by atoms with Gasteiger partial charge in [0.25, 0.3) is 0 Å². The minimum atomic E-state index is -0.219. The van der Waals surface area contributed by atoms with Crippen molar-refractivity contribution in [3.05, 3.63) is 29.2 Å². The highest BCUT2D eigenvalue weighted by atomic mass is 16.2. The number of hydrogen-bond acceptors (Lipinski definition) is 3. The van der Waals surface area contributed by atoms with Gasteiger partial charge in [0.1, 0.15) is 5.82 Å². The molecule has 0 aliphatic heterocycles. The van der Waals surface area contributed by atoms with Gasteiger partial charge in [-0.15, -0.1) is 0 Å². The Balaban J connectivity index is 1.80. The minimum Gasteiger partial charge on any atom is -0.337 e. The maximum Gasteiger partial charge on any atom is 0.320 e. The number of carbonyl (C=O) groups is 1. The van der Waals surface area contributed by atoms with Crippen molar-refractivity contribution in [1.82, 2.24) is 24.9 Å². The van der Waals surface area contributed by atoms with E-state index in [4.69, 9.17) is 0 Å². The summed E-state index contributed by atoms with van der Waals surface area (Å²) in [5.74, 6) is 0.971. The molecule has 1 unspecified atom stereocenters. The Labute approximate surface area is 130 Å². The fourth-order valence-corrected chi connectivity index (χ4v) is 2.37. The van der Waals surface area contributed by atoms with Gasteiger partial charge in [-0.25, -0.2) is 4.79 Å². The van der Waals surface area contributed by atoms with Crippen LogP contribution in [0.4, 0.5) is 10.6 Å². The second-order valence-electron chi connectivity index (χ2n) is 5.84. The fraction of sp³-hybridized carbons (Fsp3) is 0.533. The molecule has 0 fully saturated rings. The summed E-state index contributed by atoms with van der Waals surface area (Å²) in [5, 5.41) is 14.3. The molecule has 7 nitrogen and oxygen atoms in total. The van der Waals surface area contributed by atoms with Gasteiger partial charge in [-0.1, -0.05) is 6.92 Å². The molecule has 2 amide bonds. The Morgan fingerprint density at radius 1 is 1.23 bits per heavy atom. The van der Waals surface area contributed by atoms with Crippen molar-refractivity contribution >= 4 is 11.8 Å². The summed E-state index contributed by atoms with van der Waals surface area (Å²) in [6, 6.07) is 3.67. The summed E-state index contributed by atoms with van der Waals surface area (Å²) in [6.45, 7) is 9.36. The smallest absolute Gasteiger partial charge is 0.320 e. The van der Waals surface area contributed by atoms with Gasteiger partial charge in [-0.3, -0.25) is 14.7 Å². The Hall–Kier alpha value is -2.31. The zero-order chi connectivity index (χ0) is 16.3. The van der Waals surface area contributed by atoms with Gasteiger partial charge in [0.15, 0.2) is 0 Å². The van der Waals surface area contributed by atoms with Crippen molar-refractivity contribution in [3.8, 4) is 0 Å². The molecule has 0 aliphatic carbocycles. The van der Waals surface area contributed by atoms with E-state index in [2.05, 4.69) is 33.8 Å². The molecule has 22 heavy (non-hydrogen) atoms. The van der Waals surface area contributed by atoms with Gasteiger partial charge in [-0.05, 0) is 32.8 Å². The maximum atomic E-state index is 11.9. The Morgan fingerprint density at radius 3 is 2.45 bits per heavy atom. The lowest BCUT2D eigenvalue weighted by molar-refractivity contribution is 0.249. The van der Waals surface area contributed by atoms with E-state index in [1.807, 2.05) is 31.5 Å². The lowest BCUT2D eigenvalue weighted by Gasteiger charge is -2.14. The number of urea groups is 1. The first-order valence-corrected chi connectivity index (χ1v) is 7.41. The molecule has 0 spiro atoms. The molecule has 0 radical (unpaired) electrons. The van der Waals surface area contributed by atoms with Crippen LogP contribution >= 0.6 is 0 Å². The topological polar surface area (TPSA) is 76.8 Å². The van der Waals surface area contributed by atoms with Gasteiger partial charge in [0.2, 0.25) is 0 Å². The quantitative estimate of drug-likeness (QED) is 0.887. The zero-order valence-electron chi connectivity index (χ0n) is 13.8. The number of aromatic nitrogens is 4. The molecule has 0 aliphatic rings. The van der Waals surface area contributed by atoms with Crippen LogP contribution in [-0.2, 0) is 13.6 Å². The van der Waals surface area contributed by atoms with E-state index in [9.17, 15) is 4.79 Å². The Morgan fingerprint density at radius 2 is 1.91 bits per heavy atom. The average Bonchev–Trinajstić information content (AvgIpc) is 2.89. The molecule has 120 valence electrons. The molecular weight excluding hydrogens is 280 g/mol. The van der Waals surface area contributed by atoms with E-state index in [0.29, 0.717) is 12.4 Å². The number of anilines is 1. The molecule has 2 rings (SSSR count). The number of hydrogen-bond donors (Lipinski definition) is 2. The lowest BCUT2D eigenvalue weighted by Crippen LogP contribution is -2.34. The normalized spacial score (nSPS) is 12.2. The number of aryl methyl sites for hydroxylation is 4. The highest BCUT2D eigenvalue weighted by molar-refractivity contribution is 5.88. The number of carbonyl (C=O) groups excluding carboxylic acids is 1. The van der Waals surface area contributed by atoms with E-state index in [1.165, 1.54) is 0 Å². The number of nitrogens with zero attached hydrogens (tertiary/aromatic N) is 4. The molecule has 0 aromatic carbocycles. The van der Waals surface area contributed by atoms with Crippen molar-refractivity contribution in [1.29, 1.82) is 0 Å². The molecule has 2 N–H and O–H groups in total. The van der Waals surface area contributed by atoms with E-state index in [0.717, 1.165) is 23.6 Å². The van der Waals surface area contributed by atoms with Crippen LogP contribution < -0.4 is 10.6 Å². The summed E-state index contributed by atoms with van der Waals surface area (Å²) in [4.78, 5) is 11.9. The molecule has 0 saturated carbocycles. The van der Waals surface area contributed by atoms with Gasteiger partial charge in [-0.2, -0.15) is 10.2 Å². The van der Waals surface area contributed by atoms with Gasteiger partial charge < -0.3 is 5.32 Å². The molecule has 1 atom stereocenters. The third-order valence-electron chi connectivity index (χ3n) is 3.44. The van der Waals surface area contributed by atoms with Crippen LogP contribution in [0.2, 0.25) is 0 Å². The molecule has 7 heteroatoms. The van der Waals surface area contributed by atoms with Crippen LogP contribution in [0.1, 0.15) is 24.0 Å². The maximum absolute atomic E-state index is 11.9. The highest BCUT2D eigenvalue weighted by Crippen LogP contribution is 2.08. The van der Waals surface area contributed by atoms with E-state index < -0.39 is 0 Å². The van der Waals surface area contributed by atoms with E-state index >= 15 is 0 Å². The number of nitrogens with one attached hydrogen (secondary N) is 2.